The number of benzene rings is 1. The number of aliphatic hydroxyl groups is 1. The van der Waals surface area contributed by atoms with Gasteiger partial charge < -0.3 is 10.2 Å². The number of hydrogen-bond acceptors (Lipinski definition) is 4. The first-order valence-electron chi connectivity index (χ1n) is 8.55. The number of carboxylic acid groups (broad SMARTS) is 1. The van der Waals surface area contributed by atoms with E-state index in [1.165, 1.54) is 0 Å². The van der Waals surface area contributed by atoms with Gasteiger partial charge >= 0.3 is 5.97 Å². The van der Waals surface area contributed by atoms with Crippen LogP contribution in [0.15, 0.2) is 30.3 Å². The summed E-state index contributed by atoms with van der Waals surface area (Å²) in [7, 11) is 0. The van der Waals surface area contributed by atoms with Crippen LogP contribution in [0.4, 0.5) is 0 Å². The lowest BCUT2D eigenvalue weighted by atomic mass is 9.68. The van der Waals surface area contributed by atoms with Crippen molar-refractivity contribution in [3.8, 4) is 0 Å². The minimum Gasteiger partial charge on any atom is -0.481 e. The summed E-state index contributed by atoms with van der Waals surface area (Å²) in [5, 5.41) is 21.5. The van der Waals surface area contributed by atoms with E-state index in [0.717, 1.165) is 10.6 Å². The van der Waals surface area contributed by atoms with Gasteiger partial charge in [0.15, 0.2) is 0 Å². The number of carbonyl (C=O) groups is 2. The molecular weight excluding hydrogens is 322 g/mol. The molecule has 2 N–H and O–H groups in total. The third-order valence-electron chi connectivity index (χ3n) is 4.61. The van der Waals surface area contributed by atoms with E-state index in [0.29, 0.717) is 25.7 Å². The lowest BCUT2D eigenvalue weighted by molar-refractivity contribution is -0.250. The van der Waals surface area contributed by atoms with Gasteiger partial charge in [-0.15, -0.1) is 0 Å². The molecule has 0 aromatic heterocycles. The Morgan fingerprint density at radius 1 is 1.36 bits per heavy atom. The highest BCUT2D eigenvalue weighted by Crippen LogP contribution is 2.41. The molecule has 1 aliphatic rings. The van der Waals surface area contributed by atoms with Crippen LogP contribution in [0, 0.1) is 5.41 Å². The molecule has 138 valence electrons. The second-order valence-electron chi connectivity index (χ2n) is 7.79. The average Bonchev–Trinajstić information content (AvgIpc) is 2.53. The summed E-state index contributed by atoms with van der Waals surface area (Å²) in [4.78, 5) is 29.0. The van der Waals surface area contributed by atoms with Crippen molar-refractivity contribution < 1.29 is 24.6 Å². The monoisotopic (exact) mass is 349 g/mol. The Morgan fingerprint density at radius 3 is 2.48 bits per heavy atom. The van der Waals surface area contributed by atoms with Crippen molar-refractivity contribution in [3.63, 3.8) is 0 Å². The second kappa shape index (κ2) is 7.54. The van der Waals surface area contributed by atoms with Crippen LogP contribution >= 0.6 is 0 Å². The van der Waals surface area contributed by atoms with Gasteiger partial charge in [0, 0.05) is 0 Å². The number of hydrogen-bond donors (Lipinski definition) is 2. The van der Waals surface area contributed by atoms with Gasteiger partial charge in [0.1, 0.15) is 0 Å². The molecule has 0 radical (unpaired) electrons. The zero-order valence-electron chi connectivity index (χ0n) is 15.0. The van der Waals surface area contributed by atoms with Crippen molar-refractivity contribution in [1.29, 1.82) is 0 Å². The number of nitrogens with zero attached hydrogens (tertiary/aromatic N) is 1. The van der Waals surface area contributed by atoms with E-state index in [-0.39, 0.29) is 6.42 Å². The third-order valence-corrected chi connectivity index (χ3v) is 4.61. The molecule has 0 spiro atoms. The van der Waals surface area contributed by atoms with E-state index in [1.807, 2.05) is 51.1 Å². The normalized spacial score (nSPS) is 26.9. The molecule has 0 heterocycles. The number of hydroxylamine groups is 2. The van der Waals surface area contributed by atoms with Gasteiger partial charge in [0.2, 0.25) is 6.41 Å². The smallest absolute Gasteiger partial charge is 0.310 e. The molecule has 0 bridgehead atoms. The number of carboxylic acids is 1. The third kappa shape index (κ3) is 4.80. The van der Waals surface area contributed by atoms with Crippen LogP contribution in [-0.4, -0.2) is 45.4 Å². The van der Waals surface area contributed by atoms with Crippen LogP contribution in [0.2, 0.25) is 0 Å². The number of carbonyl (C=O) groups excluding carboxylic acids is 1. The predicted molar refractivity (Wildman–Crippen MR) is 92.6 cm³/mol. The highest BCUT2D eigenvalue weighted by atomic mass is 16.7. The molecule has 0 aliphatic heterocycles. The second-order valence-corrected chi connectivity index (χ2v) is 7.79. The first-order chi connectivity index (χ1) is 11.7. The Balaban J connectivity index is 2.16. The average molecular weight is 349 g/mol. The summed E-state index contributed by atoms with van der Waals surface area (Å²) < 4.78 is 0. The van der Waals surface area contributed by atoms with Gasteiger partial charge in [-0.3, -0.25) is 14.4 Å². The molecule has 1 aromatic rings. The Bertz CT molecular complexity index is 598. The Morgan fingerprint density at radius 2 is 2.00 bits per heavy atom. The fraction of sp³-hybridized carbons (Fsp3) is 0.579. The zero-order valence-corrected chi connectivity index (χ0v) is 15.0. The molecule has 3 atom stereocenters. The van der Waals surface area contributed by atoms with Crippen LogP contribution in [0.1, 0.15) is 45.6 Å². The minimum absolute atomic E-state index is 0.0831. The minimum atomic E-state index is -1.03. The largest absolute Gasteiger partial charge is 0.481 e. The van der Waals surface area contributed by atoms with Crippen LogP contribution in [0.5, 0.6) is 0 Å². The van der Waals surface area contributed by atoms with Gasteiger partial charge in [0.25, 0.3) is 0 Å². The van der Waals surface area contributed by atoms with Crippen LogP contribution in [-0.2, 0) is 20.8 Å². The van der Waals surface area contributed by atoms with Gasteiger partial charge in [0.05, 0.1) is 23.2 Å². The topological polar surface area (TPSA) is 87.1 Å². The van der Waals surface area contributed by atoms with Gasteiger partial charge in [-0.25, -0.2) is 5.06 Å². The number of rotatable bonds is 6. The molecule has 1 fully saturated rings. The van der Waals surface area contributed by atoms with E-state index >= 15 is 0 Å². The zero-order chi connectivity index (χ0) is 18.7. The van der Waals surface area contributed by atoms with Crippen molar-refractivity contribution >= 4 is 12.4 Å². The number of aliphatic hydroxyl groups excluding tert-OH is 1. The highest BCUT2D eigenvalue weighted by Gasteiger charge is 2.48. The fourth-order valence-electron chi connectivity index (χ4n) is 3.45. The number of amides is 1. The van der Waals surface area contributed by atoms with Crippen LogP contribution in [0.25, 0.3) is 0 Å². The molecule has 2 rings (SSSR count). The van der Waals surface area contributed by atoms with E-state index in [9.17, 15) is 19.8 Å². The standard InChI is InChI=1S/C19H27NO5/c1-18(2,3)25-20(13-21)15-9-10-19(17(23)24,12-16(15)22)11-14-7-5-4-6-8-14/h4-8,13,15-16,22H,9-12H2,1-3H3,(H,23,24)/t15-,16-,19+/m0/s1. The molecule has 6 nitrogen and oxygen atoms in total. The molecule has 25 heavy (non-hydrogen) atoms. The Kier molecular flexibility index (Phi) is 5.85. The van der Waals surface area contributed by atoms with Crippen LogP contribution in [0.3, 0.4) is 0 Å². The fourth-order valence-corrected chi connectivity index (χ4v) is 3.45. The molecule has 0 saturated heterocycles. The van der Waals surface area contributed by atoms with E-state index < -0.39 is 29.1 Å². The quantitative estimate of drug-likeness (QED) is 0.608. The summed E-state index contributed by atoms with van der Waals surface area (Å²) >= 11 is 0. The summed E-state index contributed by atoms with van der Waals surface area (Å²) in [5.41, 5.74) is -0.687. The maximum absolute atomic E-state index is 12.0. The lowest BCUT2D eigenvalue weighted by Crippen LogP contribution is -2.53. The van der Waals surface area contributed by atoms with E-state index in [1.54, 1.807) is 0 Å². The lowest BCUT2D eigenvalue weighted by Gasteiger charge is -2.43. The summed E-state index contributed by atoms with van der Waals surface area (Å²) in [6, 6.07) is 8.87. The Labute approximate surface area is 148 Å². The molecule has 1 aromatic carbocycles. The van der Waals surface area contributed by atoms with E-state index in [2.05, 4.69) is 0 Å². The highest BCUT2D eigenvalue weighted by molar-refractivity contribution is 5.75. The van der Waals surface area contributed by atoms with Gasteiger partial charge in [-0.2, -0.15) is 0 Å². The van der Waals surface area contributed by atoms with Crippen molar-refractivity contribution in [1.82, 2.24) is 5.06 Å². The van der Waals surface area contributed by atoms with E-state index in [4.69, 9.17) is 4.84 Å². The van der Waals surface area contributed by atoms with Gasteiger partial charge in [-0.05, 0) is 52.0 Å². The molecule has 1 amide bonds. The van der Waals surface area contributed by atoms with Gasteiger partial charge in [-0.1, -0.05) is 30.3 Å². The first kappa shape index (κ1) is 19.4. The van der Waals surface area contributed by atoms with Crippen molar-refractivity contribution in [2.45, 2.75) is 64.2 Å². The van der Waals surface area contributed by atoms with Crippen molar-refractivity contribution in [3.05, 3.63) is 35.9 Å². The molecule has 0 unspecified atom stereocenters. The molecular formula is C19H27NO5. The maximum Gasteiger partial charge on any atom is 0.310 e. The summed E-state index contributed by atoms with van der Waals surface area (Å²) in [6.07, 6.45) is 0.783. The Hall–Kier alpha value is -1.92. The molecule has 1 aliphatic carbocycles. The first-order valence-corrected chi connectivity index (χ1v) is 8.55. The predicted octanol–water partition coefficient (Wildman–Crippen LogP) is 2.40. The SMILES string of the molecule is CC(C)(C)ON(C=O)[C@H]1CC[C@](Cc2ccccc2)(C(=O)O)C[C@@H]1O. The number of aliphatic carboxylic acids is 1. The van der Waals surface area contributed by atoms with Crippen molar-refractivity contribution in [2.75, 3.05) is 0 Å². The molecule has 6 heteroatoms. The van der Waals surface area contributed by atoms with Crippen LogP contribution < -0.4 is 0 Å². The summed E-state index contributed by atoms with van der Waals surface area (Å²) in [6.45, 7) is 5.45. The van der Waals surface area contributed by atoms with Crippen molar-refractivity contribution in [2.24, 2.45) is 5.41 Å². The summed E-state index contributed by atoms with van der Waals surface area (Å²) in [5.74, 6) is -0.914. The molecule has 1 saturated carbocycles. The maximum atomic E-state index is 12.0.